The highest BCUT2D eigenvalue weighted by Crippen LogP contribution is 2.39. The molecule has 11 heteroatoms. The fraction of sp³-hybridized carbons (Fsp3) is 0.800. The minimum Gasteiger partial charge on any atom is -0.309 e. The molecule has 0 spiro atoms. The van der Waals surface area contributed by atoms with Gasteiger partial charge in [-0.2, -0.15) is 26.3 Å². The van der Waals surface area contributed by atoms with Gasteiger partial charge >= 0.3 is 18.1 Å². The largest absolute Gasteiger partial charge is 0.422 e. The van der Waals surface area contributed by atoms with Crippen LogP contribution in [0.2, 0.25) is 0 Å². The van der Waals surface area contributed by atoms with Crippen LogP contribution in [0.4, 0.5) is 39.5 Å². The number of halogens is 9. The minimum absolute atomic E-state index is 0.885. The Morgan fingerprint density at radius 1 is 0.905 bits per heavy atom. The third-order valence-corrected chi connectivity index (χ3v) is 2.16. The maximum Gasteiger partial charge on any atom is 0.422 e. The quantitative estimate of drug-likeness (QED) is 0.583. The molecule has 0 aromatic rings. The molecule has 0 aromatic carbocycles. The topological polar surface area (TPSA) is 18.5 Å². The van der Waals surface area contributed by atoms with E-state index in [1.54, 1.807) is 0 Å². The Labute approximate surface area is 113 Å². The standard InChI is InChI=1S/C10H11F9O2/c1-3-7(12,13)4-21-10(18,19)8(14,15)5-20-9(16,17)6(2)11/h2-5H2,1H3. The number of ether oxygens (including phenoxy) is 2. The summed E-state index contributed by atoms with van der Waals surface area (Å²) in [7, 11) is 0. The molecule has 0 N–H and O–H groups in total. The number of alkyl halides is 8. The molecule has 0 heterocycles. The summed E-state index contributed by atoms with van der Waals surface area (Å²) in [5, 5.41) is 0. The molecule has 0 bridgehead atoms. The van der Waals surface area contributed by atoms with Gasteiger partial charge in [0.1, 0.15) is 13.2 Å². The Kier molecular flexibility index (Phi) is 6.13. The summed E-state index contributed by atoms with van der Waals surface area (Å²) in [6.07, 6.45) is -11.4. The van der Waals surface area contributed by atoms with Gasteiger partial charge in [0.25, 0.3) is 5.92 Å². The summed E-state index contributed by atoms with van der Waals surface area (Å²) in [4.78, 5) is 0. The van der Waals surface area contributed by atoms with Gasteiger partial charge in [0.2, 0.25) is 0 Å². The second-order valence-corrected chi connectivity index (χ2v) is 3.93. The van der Waals surface area contributed by atoms with E-state index in [0.717, 1.165) is 6.92 Å². The molecule has 0 rings (SSSR count). The van der Waals surface area contributed by atoms with Crippen molar-refractivity contribution in [2.24, 2.45) is 0 Å². The fourth-order valence-electron chi connectivity index (χ4n) is 0.747. The molecule has 2 nitrogen and oxygen atoms in total. The lowest BCUT2D eigenvalue weighted by Crippen LogP contribution is -2.49. The van der Waals surface area contributed by atoms with E-state index in [4.69, 9.17) is 0 Å². The fourth-order valence-corrected chi connectivity index (χ4v) is 0.747. The van der Waals surface area contributed by atoms with Crippen molar-refractivity contribution in [1.82, 2.24) is 0 Å². The van der Waals surface area contributed by atoms with E-state index in [-0.39, 0.29) is 0 Å². The van der Waals surface area contributed by atoms with Gasteiger partial charge in [-0.25, -0.2) is 13.2 Å². The van der Waals surface area contributed by atoms with Crippen LogP contribution in [0.25, 0.3) is 0 Å². The van der Waals surface area contributed by atoms with Gasteiger partial charge in [0.05, 0.1) is 0 Å². The number of hydrogen-bond donors (Lipinski definition) is 0. The summed E-state index contributed by atoms with van der Waals surface area (Å²) in [5.74, 6) is -11.7. The van der Waals surface area contributed by atoms with Crippen LogP contribution in [0.5, 0.6) is 0 Å². The van der Waals surface area contributed by atoms with Gasteiger partial charge in [0.15, 0.2) is 5.83 Å². The molecule has 126 valence electrons. The SMILES string of the molecule is C=C(F)C(F)(F)OCC(F)(F)C(F)(F)OCC(F)(F)CC. The molecular formula is C10H11F9O2. The molecule has 0 saturated heterocycles. The third kappa shape index (κ3) is 5.73. The maximum atomic E-state index is 12.9. The highest BCUT2D eigenvalue weighted by atomic mass is 19.3. The van der Waals surface area contributed by atoms with E-state index in [2.05, 4.69) is 16.1 Å². The lowest BCUT2D eigenvalue weighted by molar-refractivity contribution is -0.379. The van der Waals surface area contributed by atoms with Crippen molar-refractivity contribution in [2.75, 3.05) is 13.2 Å². The number of rotatable bonds is 9. The van der Waals surface area contributed by atoms with E-state index in [1.165, 1.54) is 0 Å². The van der Waals surface area contributed by atoms with Crippen molar-refractivity contribution in [3.8, 4) is 0 Å². The van der Waals surface area contributed by atoms with Gasteiger partial charge in [-0.15, -0.1) is 0 Å². The Morgan fingerprint density at radius 2 is 1.38 bits per heavy atom. The first-order chi connectivity index (χ1) is 9.17. The molecule has 0 atom stereocenters. The predicted octanol–water partition coefficient (Wildman–Crippen LogP) is 4.37. The molecule has 21 heavy (non-hydrogen) atoms. The Bertz CT molecular complexity index is 368. The second kappa shape index (κ2) is 6.42. The zero-order valence-electron chi connectivity index (χ0n) is 10.5. The first kappa shape index (κ1) is 20.0. The van der Waals surface area contributed by atoms with E-state index in [1.807, 2.05) is 0 Å². The Morgan fingerprint density at radius 3 is 1.76 bits per heavy atom. The monoisotopic (exact) mass is 334 g/mol. The zero-order chi connectivity index (χ0) is 17.1. The predicted molar refractivity (Wildman–Crippen MR) is 52.2 cm³/mol. The minimum atomic E-state index is -5.51. The van der Waals surface area contributed by atoms with Crippen LogP contribution >= 0.6 is 0 Å². The van der Waals surface area contributed by atoms with Crippen LogP contribution in [0.15, 0.2) is 12.4 Å². The Balaban J connectivity index is 4.76. The highest BCUT2D eigenvalue weighted by molar-refractivity contribution is 4.91. The molecule has 0 aliphatic rings. The van der Waals surface area contributed by atoms with Crippen LogP contribution in [0.3, 0.4) is 0 Å². The van der Waals surface area contributed by atoms with Crippen LogP contribution < -0.4 is 0 Å². The Hall–Kier alpha value is -0.970. The van der Waals surface area contributed by atoms with E-state index < -0.39 is 49.5 Å². The van der Waals surface area contributed by atoms with Crippen molar-refractivity contribution in [3.63, 3.8) is 0 Å². The third-order valence-electron chi connectivity index (χ3n) is 2.16. The van der Waals surface area contributed by atoms with Crippen molar-refractivity contribution >= 4 is 0 Å². The molecule has 0 unspecified atom stereocenters. The van der Waals surface area contributed by atoms with Crippen molar-refractivity contribution in [2.45, 2.75) is 37.4 Å². The molecule has 0 amide bonds. The number of hydrogen-bond acceptors (Lipinski definition) is 2. The molecular weight excluding hydrogens is 323 g/mol. The average molecular weight is 334 g/mol. The summed E-state index contributed by atoms with van der Waals surface area (Å²) in [6, 6.07) is 0. The van der Waals surface area contributed by atoms with E-state index >= 15 is 0 Å². The summed E-state index contributed by atoms with van der Waals surface area (Å²) in [6.45, 7) is -1.78. The summed E-state index contributed by atoms with van der Waals surface area (Å²) < 4.78 is 120. The van der Waals surface area contributed by atoms with Gasteiger partial charge < -0.3 is 9.47 Å². The lowest BCUT2D eigenvalue weighted by atomic mass is 10.3. The highest BCUT2D eigenvalue weighted by Gasteiger charge is 2.60. The molecule has 0 aliphatic carbocycles. The summed E-state index contributed by atoms with van der Waals surface area (Å²) >= 11 is 0. The molecule has 0 fully saturated rings. The van der Waals surface area contributed by atoms with Gasteiger partial charge in [-0.3, -0.25) is 0 Å². The van der Waals surface area contributed by atoms with Gasteiger partial charge in [-0.05, 0) is 0 Å². The van der Waals surface area contributed by atoms with E-state index in [9.17, 15) is 39.5 Å². The first-order valence-electron chi connectivity index (χ1n) is 5.31. The molecule has 0 aromatic heterocycles. The summed E-state index contributed by atoms with van der Waals surface area (Å²) in [5.41, 5.74) is 0. The van der Waals surface area contributed by atoms with Crippen molar-refractivity contribution in [3.05, 3.63) is 12.4 Å². The van der Waals surface area contributed by atoms with Crippen LogP contribution in [0, 0.1) is 0 Å². The first-order valence-corrected chi connectivity index (χ1v) is 5.31. The maximum absolute atomic E-state index is 12.9. The molecule has 0 saturated carbocycles. The van der Waals surface area contributed by atoms with Crippen LogP contribution in [-0.4, -0.2) is 37.3 Å². The molecule has 0 aliphatic heterocycles. The lowest BCUT2D eigenvalue weighted by Gasteiger charge is -2.28. The smallest absolute Gasteiger partial charge is 0.309 e. The van der Waals surface area contributed by atoms with Crippen LogP contribution in [-0.2, 0) is 9.47 Å². The van der Waals surface area contributed by atoms with Crippen LogP contribution in [0.1, 0.15) is 13.3 Å². The van der Waals surface area contributed by atoms with Crippen molar-refractivity contribution in [1.29, 1.82) is 0 Å². The van der Waals surface area contributed by atoms with Gasteiger partial charge in [-0.1, -0.05) is 13.5 Å². The molecule has 0 radical (unpaired) electrons. The second-order valence-electron chi connectivity index (χ2n) is 3.93. The van der Waals surface area contributed by atoms with Crippen molar-refractivity contribution < 1.29 is 49.0 Å². The normalized spacial score (nSPS) is 14.4. The van der Waals surface area contributed by atoms with Gasteiger partial charge in [0, 0.05) is 6.42 Å². The van der Waals surface area contributed by atoms with E-state index in [0.29, 0.717) is 0 Å². The average Bonchev–Trinajstić information content (AvgIpc) is 2.34. The zero-order valence-corrected chi connectivity index (χ0v) is 10.5.